The summed E-state index contributed by atoms with van der Waals surface area (Å²) in [5, 5.41) is 8.73. The standard InChI is InChI=1S/C8H9FNO3S.Na/c9-6-8(11)10-14(12,13)7-4-2-1-3-5-7;/h1-5,8,11H,6H2;/q-1;+1. The Balaban J connectivity index is 0.00000196. The molecule has 0 saturated heterocycles. The van der Waals surface area contributed by atoms with E-state index >= 15 is 0 Å². The molecule has 0 aliphatic carbocycles. The second-order valence-electron chi connectivity index (χ2n) is 2.53. The van der Waals surface area contributed by atoms with E-state index in [1.165, 1.54) is 24.3 Å². The number of nitrogens with zero attached hydrogens (tertiary/aromatic N) is 1. The summed E-state index contributed by atoms with van der Waals surface area (Å²) in [7, 11) is -3.94. The summed E-state index contributed by atoms with van der Waals surface area (Å²) in [5.74, 6) is 0. The fraction of sp³-hybridized carbons (Fsp3) is 0.250. The van der Waals surface area contributed by atoms with Gasteiger partial charge in [-0.05, 0) is 12.1 Å². The van der Waals surface area contributed by atoms with Crippen molar-refractivity contribution in [2.75, 3.05) is 6.67 Å². The number of alkyl halides is 1. The molecule has 0 saturated carbocycles. The quantitative estimate of drug-likeness (QED) is 0.622. The number of hydrogen-bond donors (Lipinski definition) is 1. The minimum atomic E-state index is -3.94. The largest absolute Gasteiger partial charge is 1.00 e. The Morgan fingerprint density at radius 1 is 1.33 bits per heavy atom. The molecule has 0 bridgehead atoms. The van der Waals surface area contributed by atoms with Crippen LogP contribution < -0.4 is 29.6 Å². The van der Waals surface area contributed by atoms with Crippen LogP contribution in [0.15, 0.2) is 35.2 Å². The zero-order valence-electron chi connectivity index (χ0n) is 8.17. The van der Waals surface area contributed by atoms with Gasteiger partial charge in [-0.15, -0.1) is 0 Å². The molecule has 7 heteroatoms. The maximum absolute atomic E-state index is 11.8. The van der Waals surface area contributed by atoms with Crippen LogP contribution in [-0.4, -0.2) is 26.4 Å². The molecule has 1 aromatic carbocycles. The summed E-state index contributed by atoms with van der Waals surface area (Å²) in [5.41, 5.74) is 0. The second kappa shape index (κ2) is 6.57. The first-order valence-corrected chi connectivity index (χ1v) is 5.26. The number of rotatable bonds is 4. The van der Waals surface area contributed by atoms with Gasteiger partial charge in [0.15, 0.2) is 0 Å². The van der Waals surface area contributed by atoms with Crippen LogP contribution in [0, 0.1) is 0 Å². The van der Waals surface area contributed by atoms with Crippen molar-refractivity contribution in [2.45, 2.75) is 11.1 Å². The van der Waals surface area contributed by atoms with Gasteiger partial charge in [-0.25, -0.2) is 8.42 Å². The van der Waals surface area contributed by atoms with Crippen molar-refractivity contribution in [1.82, 2.24) is 0 Å². The Kier molecular flexibility index (Phi) is 6.58. The molecule has 0 aromatic heterocycles. The summed E-state index contributed by atoms with van der Waals surface area (Å²) in [4.78, 5) is -0.0625. The first kappa shape index (κ1) is 15.0. The second-order valence-corrected chi connectivity index (χ2v) is 4.16. The zero-order chi connectivity index (χ0) is 10.6. The van der Waals surface area contributed by atoms with E-state index in [1.54, 1.807) is 6.07 Å². The van der Waals surface area contributed by atoms with Crippen LogP contribution in [0.2, 0.25) is 0 Å². The van der Waals surface area contributed by atoms with Gasteiger partial charge in [0.1, 0.15) is 10.0 Å². The summed E-state index contributed by atoms with van der Waals surface area (Å²) in [6.45, 7) is -1.22. The third kappa shape index (κ3) is 4.58. The summed E-state index contributed by atoms with van der Waals surface area (Å²) < 4.78 is 37.4. The van der Waals surface area contributed by atoms with Crippen molar-refractivity contribution in [3.05, 3.63) is 35.1 Å². The number of halogens is 1. The fourth-order valence-electron chi connectivity index (χ4n) is 0.842. The molecule has 0 fully saturated rings. The summed E-state index contributed by atoms with van der Waals surface area (Å²) in [6.07, 6.45) is -1.82. The zero-order valence-corrected chi connectivity index (χ0v) is 11.0. The van der Waals surface area contributed by atoms with E-state index in [9.17, 15) is 12.8 Å². The molecule has 1 unspecified atom stereocenters. The molecule has 0 spiro atoms. The molecule has 4 nitrogen and oxygen atoms in total. The van der Waals surface area contributed by atoms with Gasteiger partial charge in [0.2, 0.25) is 0 Å². The van der Waals surface area contributed by atoms with E-state index in [-0.39, 0.29) is 34.5 Å². The van der Waals surface area contributed by atoms with Gasteiger partial charge in [0, 0.05) is 11.1 Å². The molecule has 1 aromatic rings. The fourth-order valence-corrected chi connectivity index (χ4v) is 1.84. The van der Waals surface area contributed by atoms with Crippen molar-refractivity contribution < 1.29 is 47.5 Å². The number of benzene rings is 1. The Bertz CT molecular complexity index is 384. The maximum atomic E-state index is 11.8. The van der Waals surface area contributed by atoms with Gasteiger partial charge >= 0.3 is 29.6 Å². The van der Waals surface area contributed by atoms with Crippen molar-refractivity contribution in [2.24, 2.45) is 0 Å². The third-order valence-corrected chi connectivity index (χ3v) is 2.83. The van der Waals surface area contributed by atoms with E-state index in [0.29, 0.717) is 0 Å². The molecule has 0 radical (unpaired) electrons. The predicted octanol–water partition coefficient (Wildman–Crippen LogP) is -1.96. The molecular formula is C8H9FNNaO3S. The molecular weight excluding hydrogens is 232 g/mol. The first-order chi connectivity index (χ1) is 6.56. The molecule has 0 heterocycles. The van der Waals surface area contributed by atoms with E-state index in [2.05, 4.69) is 4.72 Å². The summed E-state index contributed by atoms with van der Waals surface area (Å²) >= 11 is 0. The Morgan fingerprint density at radius 2 is 1.87 bits per heavy atom. The van der Waals surface area contributed by atoms with Crippen LogP contribution >= 0.6 is 0 Å². The Labute approximate surface area is 110 Å². The van der Waals surface area contributed by atoms with Crippen LogP contribution in [0.25, 0.3) is 4.72 Å². The van der Waals surface area contributed by atoms with Gasteiger partial charge in [-0.3, -0.25) is 4.39 Å². The van der Waals surface area contributed by atoms with Gasteiger partial charge in [-0.1, -0.05) is 18.2 Å². The minimum Gasteiger partial charge on any atom is -0.517 e. The third-order valence-electron chi connectivity index (χ3n) is 1.44. The van der Waals surface area contributed by atoms with Crippen LogP contribution in [0.1, 0.15) is 0 Å². The van der Waals surface area contributed by atoms with Crippen molar-refractivity contribution in [1.29, 1.82) is 0 Å². The molecule has 1 N–H and O–H groups in total. The number of hydrogen-bond acceptors (Lipinski definition) is 3. The molecule has 15 heavy (non-hydrogen) atoms. The Hall–Kier alpha value is 0.0200. The van der Waals surface area contributed by atoms with Crippen LogP contribution in [0.3, 0.4) is 0 Å². The summed E-state index contributed by atoms with van der Waals surface area (Å²) in [6, 6.07) is 7.33. The SMILES string of the molecule is O=S(=O)([N-]C(O)CF)c1ccccc1.[Na+]. The van der Waals surface area contributed by atoms with Crippen molar-refractivity contribution >= 4 is 10.0 Å². The molecule has 1 rings (SSSR count). The molecule has 78 valence electrons. The average molecular weight is 241 g/mol. The number of aliphatic hydroxyl groups is 1. The van der Waals surface area contributed by atoms with E-state index in [4.69, 9.17) is 5.11 Å². The van der Waals surface area contributed by atoms with Gasteiger partial charge < -0.3 is 9.83 Å². The predicted molar refractivity (Wildman–Crippen MR) is 49.0 cm³/mol. The molecule has 0 amide bonds. The van der Waals surface area contributed by atoms with E-state index in [0.717, 1.165) is 0 Å². The maximum Gasteiger partial charge on any atom is 1.00 e. The first-order valence-electron chi connectivity index (χ1n) is 3.82. The van der Waals surface area contributed by atoms with Crippen molar-refractivity contribution in [3.63, 3.8) is 0 Å². The monoisotopic (exact) mass is 241 g/mol. The Morgan fingerprint density at radius 3 is 2.33 bits per heavy atom. The van der Waals surface area contributed by atoms with Crippen LogP contribution in [0.4, 0.5) is 4.39 Å². The van der Waals surface area contributed by atoms with Crippen LogP contribution in [-0.2, 0) is 10.0 Å². The van der Waals surface area contributed by atoms with E-state index < -0.39 is 22.9 Å². The molecule has 1 atom stereocenters. The molecule has 0 aliphatic rings. The van der Waals surface area contributed by atoms with E-state index in [1.807, 2.05) is 0 Å². The normalized spacial score (nSPS) is 12.9. The topological polar surface area (TPSA) is 68.5 Å². The van der Waals surface area contributed by atoms with Gasteiger partial charge in [-0.2, -0.15) is 0 Å². The number of aliphatic hydroxyl groups excluding tert-OH is 1. The number of sulfonamides is 1. The van der Waals surface area contributed by atoms with Gasteiger partial charge in [0.05, 0.1) is 6.67 Å². The minimum absolute atomic E-state index is 0. The molecule has 0 aliphatic heterocycles. The average Bonchev–Trinajstić information content (AvgIpc) is 2.18. The van der Waals surface area contributed by atoms with Crippen LogP contribution in [0.5, 0.6) is 0 Å². The smallest absolute Gasteiger partial charge is 0.517 e. The van der Waals surface area contributed by atoms with Crippen molar-refractivity contribution in [3.8, 4) is 0 Å². The van der Waals surface area contributed by atoms with Gasteiger partial charge in [0.25, 0.3) is 0 Å².